The van der Waals surface area contributed by atoms with E-state index in [-0.39, 0.29) is 11.8 Å². The molecule has 2 aromatic rings. The Labute approximate surface area is 128 Å². The summed E-state index contributed by atoms with van der Waals surface area (Å²) in [5, 5.41) is 11.9. The molecule has 0 unspecified atom stereocenters. The normalized spacial score (nSPS) is 12.7. The molecular weight excluding hydrogens is 434 g/mol. The van der Waals surface area contributed by atoms with Crippen LogP contribution >= 0.6 is 59.1 Å². The molecule has 1 heterocycles. The van der Waals surface area contributed by atoms with E-state index in [2.05, 4.69) is 47.8 Å². The Morgan fingerprint density at radius 2 is 1.94 bits per heavy atom. The summed E-state index contributed by atoms with van der Waals surface area (Å²) in [5.74, 6) is 0.162. The molecule has 1 aromatic carbocycles. The molecule has 2 rings (SSSR count). The standard InChI is InChI=1S/C11H8Br3NOS/c12-5-4-6(13)11(16)9(14)8(5)10(15)7-2-1-3-17-7/h1-4,10,16H,15H2/t10-/m0/s1. The lowest BCUT2D eigenvalue weighted by Gasteiger charge is -2.16. The average molecular weight is 442 g/mol. The highest BCUT2D eigenvalue weighted by Crippen LogP contribution is 2.43. The van der Waals surface area contributed by atoms with Crippen LogP contribution in [0.15, 0.2) is 37.0 Å². The van der Waals surface area contributed by atoms with Gasteiger partial charge in [-0.2, -0.15) is 0 Å². The molecule has 3 N–H and O–H groups in total. The fraction of sp³-hybridized carbons (Fsp3) is 0.0909. The molecule has 0 aliphatic heterocycles. The summed E-state index contributed by atoms with van der Waals surface area (Å²) < 4.78 is 2.09. The zero-order valence-corrected chi connectivity index (χ0v) is 14.0. The molecule has 1 aromatic heterocycles. The fourth-order valence-electron chi connectivity index (χ4n) is 1.49. The second-order valence-electron chi connectivity index (χ2n) is 3.41. The first kappa shape index (κ1) is 13.5. The molecule has 0 radical (unpaired) electrons. The van der Waals surface area contributed by atoms with Gasteiger partial charge in [0.15, 0.2) is 0 Å². The van der Waals surface area contributed by atoms with E-state index in [1.54, 1.807) is 17.4 Å². The summed E-state index contributed by atoms with van der Waals surface area (Å²) in [4.78, 5) is 1.05. The van der Waals surface area contributed by atoms with Crippen LogP contribution in [0.1, 0.15) is 16.5 Å². The number of halogens is 3. The van der Waals surface area contributed by atoms with Gasteiger partial charge in [-0.15, -0.1) is 11.3 Å². The Kier molecular flexibility index (Phi) is 4.31. The van der Waals surface area contributed by atoms with Gasteiger partial charge < -0.3 is 10.8 Å². The lowest BCUT2D eigenvalue weighted by molar-refractivity contribution is 0.467. The Morgan fingerprint density at radius 1 is 1.24 bits per heavy atom. The topological polar surface area (TPSA) is 46.2 Å². The van der Waals surface area contributed by atoms with Crippen molar-refractivity contribution in [3.63, 3.8) is 0 Å². The van der Waals surface area contributed by atoms with Crippen molar-refractivity contribution in [3.05, 3.63) is 47.4 Å². The highest BCUT2D eigenvalue weighted by atomic mass is 79.9. The number of hydrogen-bond donors (Lipinski definition) is 2. The van der Waals surface area contributed by atoms with Crippen molar-refractivity contribution in [3.8, 4) is 5.75 Å². The lowest BCUT2D eigenvalue weighted by atomic mass is 10.1. The first-order valence-electron chi connectivity index (χ1n) is 4.67. The molecule has 0 bridgehead atoms. The van der Waals surface area contributed by atoms with E-state index >= 15 is 0 Å². The molecule has 90 valence electrons. The van der Waals surface area contributed by atoms with Gasteiger partial charge in [0.25, 0.3) is 0 Å². The van der Waals surface area contributed by atoms with E-state index in [9.17, 15) is 5.11 Å². The molecule has 1 atom stereocenters. The number of phenolic OH excluding ortho intramolecular Hbond substituents is 1. The van der Waals surface area contributed by atoms with Crippen LogP contribution in [0.25, 0.3) is 0 Å². The van der Waals surface area contributed by atoms with Crippen LogP contribution in [0.2, 0.25) is 0 Å². The van der Waals surface area contributed by atoms with E-state index < -0.39 is 0 Å². The van der Waals surface area contributed by atoms with E-state index in [1.807, 2.05) is 17.5 Å². The molecule has 0 fully saturated rings. The van der Waals surface area contributed by atoms with Crippen molar-refractivity contribution in [2.45, 2.75) is 6.04 Å². The molecular formula is C11H8Br3NOS. The Balaban J connectivity index is 2.56. The van der Waals surface area contributed by atoms with Crippen LogP contribution in [0.4, 0.5) is 0 Å². The minimum atomic E-state index is -0.266. The number of phenols is 1. The number of nitrogens with two attached hydrogens (primary N) is 1. The van der Waals surface area contributed by atoms with Crippen molar-refractivity contribution in [1.29, 1.82) is 0 Å². The highest BCUT2D eigenvalue weighted by molar-refractivity contribution is 9.11. The van der Waals surface area contributed by atoms with Gasteiger partial charge in [0.05, 0.1) is 15.0 Å². The van der Waals surface area contributed by atoms with Gasteiger partial charge in [-0.05, 0) is 49.4 Å². The van der Waals surface area contributed by atoms with Gasteiger partial charge in [0.2, 0.25) is 0 Å². The summed E-state index contributed by atoms with van der Waals surface area (Å²) in [6, 6.07) is 5.47. The number of benzene rings is 1. The van der Waals surface area contributed by atoms with Crippen LogP contribution in [-0.4, -0.2) is 5.11 Å². The van der Waals surface area contributed by atoms with Crippen LogP contribution in [0, 0.1) is 0 Å². The summed E-state index contributed by atoms with van der Waals surface area (Å²) in [6.07, 6.45) is 0. The van der Waals surface area contributed by atoms with Crippen LogP contribution in [-0.2, 0) is 0 Å². The van der Waals surface area contributed by atoms with Crippen LogP contribution < -0.4 is 5.73 Å². The van der Waals surface area contributed by atoms with Crippen molar-refractivity contribution < 1.29 is 5.11 Å². The smallest absolute Gasteiger partial charge is 0.144 e. The largest absolute Gasteiger partial charge is 0.506 e. The van der Waals surface area contributed by atoms with Gasteiger partial charge in [-0.1, -0.05) is 22.0 Å². The van der Waals surface area contributed by atoms with Gasteiger partial charge in [0, 0.05) is 14.9 Å². The summed E-state index contributed by atoms with van der Waals surface area (Å²) in [6.45, 7) is 0. The maximum atomic E-state index is 9.89. The molecule has 2 nitrogen and oxygen atoms in total. The first-order chi connectivity index (χ1) is 8.02. The Morgan fingerprint density at radius 3 is 2.53 bits per heavy atom. The average Bonchev–Trinajstić information content (AvgIpc) is 2.79. The summed E-state index contributed by atoms with van der Waals surface area (Å²) >= 11 is 11.7. The van der Waals surface area contributed by atoms with Crippen molar-refractivity contribution in [2.24, 2.45) is 5.73 Å². The zero-order valence-electron chi connectivity index (χ0n) is 8.45. The fourth-order valence-corrected chi connectivity index (χ4v) is 4.84. The molecule has 17 heavy (non-hydrogen) atoms. The third-order valence-corrected chi connectivity index (χ3v) is 5.36. The van der Waals surface area contributed by atoms with E-state index in [0.717, 1.165) is 14.9 Å². The second kappa shape index (κ2) is 5.40. The molecule has 6 heteroatoms. The Hall–Kier alpha value is 0.120. The maximum absolute atomic E-state index is 9.89. The van der Waals surface area contributed by atoms with Gasteiger partial charge in [-0.25, -0.2) is 0 Å². The SMILES string of the molecule is N[C@@H](c1cccs1)c1c(Br)cc(Br)c(O)c1Br. The zero-order chi connectivity index (χ0) is 12.6. The highest BCUT2D eigenvalue weighted by Gasteiger charge is 2.20. The number of thiophene rings is 1. The minimum absolute atomic E-state index is 0.162. The number of rotatable bonds is 2. The molecule has 0 aliphatic rings. The van der Waals surface area contributed by atoms with Gasteiger partial charge in [-0.3, -0.25) is 0 Å². The monoisotopic (exact) mass is 439 g/mol. The third-order valence-electron chi connectivity index (χ3n) is 2.34. The van der Waals surface area contributed by atoms with Crippen molar-refractivity contribution in [1.82, 2.24) is 0 Å². The van der Waals surface area contributed by atoms with E-state index in [4.69, 9.17) is 5.73 Å². The van der Waals surface area contributed by atoms with Gasteiger partial charge >= 0.3 is 0 Å². The second-order valence-corrected chi connectivity index (χ2v) is 6.89. The molecule has 0 amide bonds. The molecule has 0 saturated heterocycles. The number of hydrogen-bond acceptors (Lipinski definition) is 3. The maximum Gasteiger partial charge on any atom is 0.144 e. The number of aromatic hydroxyl groups is 1. The van der Waals surface area contributed by atoms with Crippen LogP contribution in [0.5, 0.6) is 5.75 Å². The lowest BCUT2D eigenvalue weighted by Crippen LogP contribution is -2.11. The molecule has 0 aliphatic carbocycles. The molecule has 0 saturated carbocycles. The van der Waals surface area contributed by atoms with E-state index in [1.165, 1.54) is 0 Å². The molecule has 0 spiro atoms. The van der Waals surface area contributed by atoms with E-state index in [0.29, 0.717) is 8.95 Å². The predicted octanol–water partition coefficient (Wildman–Crippen LogP) is 4.79. The summed E-state index contributed by atoms with van der Waals surface area (Å²) in [5.41, 5.74) is 7.05. The first-order valence-corrected chi connectivity index (χ1v) is 7.93. The summed E-state index contributed by atoms with van der Waals surface area (Å²) in [7, 11) is 0. The van der Waals surface area contributed by atoms with Gasteiger partial charge in [0.1, 0.15) is 5.75 Å². The third kappa shape index (κ3) is 2.61. The minimum Gasteiger partial charge on any atom is -0.506 e. The van der Waals surface area contributed by atoms with Crippen molar-refractivity contribution >= 4 is 59.1 Å². The van der Waals surface area contributed by atoms with Crippen LogP contribution in [0.3, 0.4) is 0 Å². The predicted molar refractivity (Wildman–Crippen MR) is 81.6 cm³/mol. The quantitative estimate of drug-likeness (QED) is 0.703. The van der Waals surface area contributed by atoms with Crippen molar-refractivity contribution in [2.75, 3.05) is 0 Å². The Bertz CT molecular complexity index is 542.